The predicted octanol–water partition coefficient (Wildman–Crippen LogP) is 0.396. The van der Waals surface area contributed by atoms with Gasteiger partial charge in [-0.25, -0.2) is 0 Å². The molecule has 0 atom stereocenters. The van der Waals surface area contributed by atoms with Crippen LogP contribution in [0.25, 0.3) is 0 Å². The highest BCUT2D eigenvalue weighted by Crippen LogP contribution is 2.44. The first-order chi connectivity index (χ1) is 7.15. The summed E-state index contributed by atoms with van der Waals surface area (Å²) in [5, 5.41) is 10.0. The van der Waals surface area contributed by atoms with E-state index in [1.54, 1.807) is 4.90 Å². The van der Waals surface area contributed by atoms with E-state index < -0.39 is 5.60 Å². The first-order valence-electron chi connectivity index (χ1n) is 5.73. The maximum Gasteiger partial charge on any atom is 0.248 e. The van der Waals surface area contributed by atoms with Gasteiger partial charge in [-0.1, -0.05) is 6.92 Å². The summed E-state index contributed by atoms with van der Waals surface area (Å²) in [5.41, 5.74) is -0.569. The van der Waals surface area contributed by atoms with Gasteiger partial charge in [-0.15, -0.1) is 0 Å². The molecule has 15 heavy (non-hydrogen) atoms. The minimum Gasteiger partial charge on any atom is -0.386 e. The van der Waals surface area contributed by atoms with E-state index in [-0.39, 0.29) is 12.5 Å². The van der Waals surface area contributed by atoms with Crippen LogP contribution in [0.4, 0.5) is 0 Å². The predicted molar refractivity (Wildman–Crippen MR) is 55.4 cm³/mol. The van der Waals surface area contributed by atoms with Crippen LogP contribution in [0.5, 0.6) is 0 Å². The van der Waals surface area contributed by atoms with E-state index >= 15 is 0 Å². The van der Waals surface area contributed by atoms with Crippen LogP contribution in [0.1, 0.15) is 26.2 Å². The lowest BCUT2D eigenvalue weighted by Gasteiger charge is -2.46. The summed E-state index contributed by atoms with van der Waals surface area (Å²) in [6.45, 7) is 3.82. The molecule has 2 aliphatic rings. The first kappa shape index (κ1) is 10.9. The van der Waals surface area contributed by atoms with Crippen molar-refractivity contribution in [2.75, 3.05) is 26.3 Å². The summed E-state index contributed by atoms with van der Waals surface area (Å²) in [5.74, 6) is 0.451. The van der Waals surface area contributed by atoms with Crippen molar-refractivity contribution < 1.29 is 14.6 Å². The molecule has 0 aromatic rings. The van der Waals surface area contributed by atoms with Gasteiger partial charge in [0.25, 0.3) is 0 Å². The Balaban J connectivity index is 1.67. The van der Waals surface area contributed by atoms with Crippen molar-refractivity contribution in [3.05, 3.63) is 0 Å². The lowest BCUT2D eigenvalue weighted by atomic mass is 9.89. The van der Waals surface area contributed by atoms with Crippen LogP contribution in [0.3, 0.4) is 0 Å². The Hall–Kier alpha value is -0.610. The second-order valence-electron chi connectivity index (χ2n) is 4.68. The van der Waals surface area contributed by atoms with Crippen molar-refractivity contribution in [2.45, 2.75) is 31.8 Å². The quantitative estimate of drug-likeness (QED) is 0.672. The summed E-state index contributed by atoms with van der Waals surface area (Å²) in [6.07, 6.45) is 3.16. The zero-order chi connectivity index (χ0) is 10.9. The fourth-order valence-electron chi connectivity index (χ4n) is 2.07. The Morgan fingerprint density at radius 2 is 2.20 bits per heavy atom. The van der Waals surface area contributed by atoms with Crippen LogP contribution in [0.2, 0.25) is 0 Å². The molecule has 2 rings (SSSR count). The lowest BCUT2D eigenvalue weighted by Crippen LogP contribution is -2.65. The molecule has 1 heterocycles. The van der Waals surface area contributed by atoms with Crippen LogP contribution in [-0.4, -0.2) is 47.8 Å². The molecule has 86 valence electrons. The van der Waals surface area contributed by atoms with Gasteiger partial charge in [-0.3, -0.25) is 4.79 Å². The standard InChI is InChI=1S/C11H19NO3/c1-2-5-15-6-10(13)12-7-11(14,8-12)9-3-4-9/h9,14H,2-8H2,1H3. The number of β-amino-alcohol motifs (C(OH)–C–C–N with tert-alkyl or cyclic N) is 1. The SMILES string of the molecule is CCCOCC(=O)N1CC(O)(C2CC2)C1. The van der Waals surface area contributed by atoms with E-state index in [0.717, 1.165) is 19.3 Å². The number of carbonyl (C=O) groups is 1. The summed E-state index contributed by atoms with van der Waals surface area (Å²) in [7, 11) is 0. The zero-order valence-electron chi connectivity index (χ0n) is 9.24. The number of aliphatic hydroxyl groups is 1. The molecule has 0 unspecified atom stereocenters. The molecule has 1 saturated heterocycles. The molecule has 0 aromatic heterocycles. The van der Waals surface area contributed by atoms with Gasteiger partial charge >= 0.3 is 0 Å². The fraction of sp³-hybridized carbons (Fsp3) is 0.909. The maximum atomic E-state index is 11.5. The summed E-state index contributed by atoms with van der Waals surface area (Å²) in [4.78, 5) is 13.2. The van der Waals surface area contributed by atoms with E-state index in [9.17, 15) is 9.90 Å². The Kier molecular flexibility index (Phi) is 2.98. The van der Waals surface area contributed by atoms with Crippen molar-refractivity contribution in [3.63, 3.8) is 0 Å². The Bertz CT molecular complexity index is 244. The molecular formula is C11H19NO3. The topological polar surface area (TPSA) is 49.8 Å². The van der Waals surface area contributed by atoms with Gasteiger partial charge in [0.15, 0.2) is 0 Å². The molecule has 1 N–H and O–H groups in total. The second-order valence-corrected chi connectivity index (χ2v) is 4.68. The Labute approximate surface area is 90.2 Å². The van der Waals surface area contributed by atoms with Gasteiger partial charge in [-0.05, 0) is 25.2 Å². The van der Waals surface area contributed by atoms with Crippen LogP contribution >= 0.6 is 0 Å². The van der Waals surface area contributed by atoms with Crippen molar-refractivity contribution >= 4 is 5.91 Å². The molecule has 0 radical (unpaired) electrons. The summed E-state index contributed by atoms with van der Waals surface area (Å²) in [6, 6.07) is 0. The molecule has 4 nitrogen and oxygen atoms in total. The molecule has 4 heteroatoms. The maximum absolute atomic E-state index is 11.5. The lowest BCUT2D eigenvalue weighted by molar-refractivity contribution is -0.163. The van der Waals surface area contributed by atoms with Gasteiger partial charge in [0, 0.05) is 6.61 Å². The highest BCUT2D eigenvalue weighted by atomic mass is 16.5. The second kappa shape index (κ2) is 4.10. The van der Waals surface area contributed by atoms with Crippen molar-refractivity contribution in [1.29, 1.82) is 0 Å². The normalized spacial score (nSPS) is 23.7. The molecule has 1 aliphatic carbocycles. The van der Waals surface area contributed by atoms with Gasteiger partial charge in [-0.2, -0.15) is 0 Å². The Morgan fingerprint density at radius 3 is 2.73 bits per heavy atom. The number of carbonyl (C=O) groups excluding carboxylic acids is 1. The fourth-order valence-corrected chi connectivity index (χ4v) is 2.07. The van der Waals surface area contributed by atoms with Crippen molar-refractivity contribution in [1.82, 2.24) is 4.90 Å². The molecule has 1 saturated carbocycles. The van der Waals surface area contributed by atoms with Crippen LogP contribution in [0.15, 0.2) is 0 Å². The van der Waals surface area contributed by atoms with Crippen LogP contribution in [0, 0.1) is 5.92 Å². The molecule has 1 aliphatic heterocycles. The number of likely N-dealkylation sites (tertiary alicyclic amines) is 1. The van der Waals surface area contributed by atoms with E-state index in [1.807, 2.05) is 6.92 Å². The number of amides is 1. The van der Waals surface area contributed by atoms with E-state index in [1.165, 1.54) is 0 Å². The molecule has 0 bridgehead atoms. The van der Waals surface area contributed by atoms with E-state index in [2.05, 4.69) is 0 Å². The van der Waals surface area contributed by atoms with Crippen molar-refractivity contribution in [2.24, 2.45) is 5.92 Å². The number of rotatable bonds is 5. The zero-order valence-corrected chi connectivity index (χ0v) is 9.24. The minimum atomic E-state index is -0.569. The third-order valence-electron chi connectivity index (χ3n) is 3.19. The molecule has 2 fully saturated rings. The van der Waals surface area contributed by atoms with E-state index in [4.69, 9.17) is 4.74 Å². The smallest absolute Gasteiger partial charge is 0.248 e. The summed E-state index contributed by atoms with van der Waals surface area (Å²) < 4.78 is 5.17. The third kappa shape index (κ3) is 2.32. The van der Waals surface area contributed by atoms with Crippen molar-refractivity contribution in [3.8, 4) is 0 Å². The largest absolute Gasteiger partial charge is 0.386 e. The van der Waals surface area contributed by atoms with Gasteiger partial charge < -0.3 is 14.7 Å². The molecule has 0 spiro atoms. The molecule has 1 amide bonds. The highest BCUT2D eigenvalue weighted by Gasteiger charge is 2.53. The number of hydrogen-bond acceptors (Lipinski definition) is 3. The highest BCUT2D eigenvalue weighted by molar-refractivity contribution is 5.78. The third-order valence-corrected chi connectivity index (χ3v) is 3.19. The monoisotopic (exact) mass is 213 g/mol. The molecular weight excluding hydrogens is 194 g/mol. The number of ether oxygens (including phenoxy) is 1. The number of hydrogen-bond donors (Lipinski definition) is 1. The molecule has 0 aromatic carbocycles. The number of nitrogens with zero attached hydrogens (tertiary/aromatic N) is 1. The minimum absolute atomic E-state index is 0.00813. The first-order valence-corrected chi connectivity index (χ1v) is 5.73. The van der Waals surface area contributed by atoms with Crippen LogP contribution in [-0.2, 0) is 9.53 Å². The van der Waals surface area contributed by atoms with Gasteiger partial charge in [0.05, 0.1) is 13.1 Å². The van der Waals surface area contributed by atoms with E-state index in [0.29, 0.717) is 25.6 Å². The van der Waals surface area contributed by atoms with Crippen LogP contribution < -0.4 is 0 Å². The Morgan fingerprint density at radius 1 is 1.53 bits per heavy atom. The van der Waals surface area contributed by atoms with Gasteiger partial charge in [0.2, 0.25) is 5.91 Å². The average molecular weight is 213 g/mol. The summed E-state index contributed by atoms with van der Waals surface area (Å²) >= 11 is 0. The average Bonchev–Trinajstić information content (AvgIpc) is 2.96. The van der Waals surface area contributed by atoms with Gasteiger partial charge in [0.1, 0.15) is 12.2 Å².